The fraction of sp³-hybridized carbons (Fsp3) is 0.292. The Kier molecular flexibility index (Phi) is 6.80. The van der Waals surface area contributed by atoms with Gasteiger partial charge in [-0.05, 0) is 66.8 Å². The number of sulfonamides is 1. The van der Waals surface area contributed by atoms with Gasteiger partial charge >= 0.3 is 11.6 Å². The maximum atomic E-state index is 12.4. The summed E-state index contributed by atoms with van der Waals surface area (Å²) in [5, 5.41) is 3.29. The number of rotatable bonds is 8. The molecule has 1 heterocycles. The Hall–Kier alpha value is -3.50. The summed E-state index contributed by atoms with van der Waals surface area (Å²) < 4.78 is 37.8. The van der Waals surface area contributed by atoms with Crippen LogP contribution in [0, 0.1) is 0 Å². The molecule has 0 spiro atoms. The topological polar surface area (TPSA) is 132 Å². The average molecular weight is 485 g/mol. The van der Waals surface area contributed by atoms with E-state index in [9.17, 15) is 22.8 Å². The first-order valence-corrected chi connectivity index (χ1v) is 12.3. The smallest absolute Gasteiger partial charge is 0.336 e. The lowest BCUT2D eigenvalue weighted by Crippen LogP contribution is -2.26. The highest BCUT2D eigenvalue weighted by Crippen LogP contribution is 2.28. The van der Waals surface area contributed by atoms with Crippen molar-refractivity contribution in [1.82, 2.24) is 4.72 Å². The zero-order valence-corrected chi connectivity index (χ0v) is 19.4. The van der Waals surface area contributed by atoms with Crippen molar-refractivity contribution in [1.29, 1.82) is 0 Å². The molecule has 0 unspecified atom stereocenters. The maximum Gasteiger partial charge on any atom is 0.336 e. The monoisotopic (exact) mass is 484 g/mol. The van der Waals surface area contributed by atoms with Crippen LogP contribution in [0.3, 0.4) is 0 Å². The molecule has 1 aliphatic rings. The molecule has 2 aromatic carbocycles. The van der Waals surface area contributed by atoms with Crippen molar-refractivity contribution < 1.29 is 27.2 Å². The van der Waals surface area contributed by atoms with Crippen molar-refractivity contribution in [2.24, 2.45) is 0 Å². The molecule has 0 radical (unpaired) electrons. The first-order chi connectivity index (χ1) is 16.2. The maximum absolute atomic E-state index is 12.4. The lowest BCUT2D eigenvalue weighted by molar-refractivity contribution is -0.144. The van der Waals surface area contributed by atoms with Gasteiger partial charge in [0.15, 0.2) is 0 Å². The Morgan fingerprint density at radius 2 is 1.76 bits per heavy atom. The first kappa shape index (κ1) is 23.7. The molecule has 4 rings (SSSR count). The fourth-order valence-electron chi connectivity index (χ4n) is 3.94. The van der Waals surface area contributed by atoms with Crippen LogP contribution in [-0.4, -0.2) is 26.8 Å². The van der Waals surface area contributed by atoms with Crippen LogP contribution in [0.2, 0.25) is 0 Å². The van der Waals surface area contributed by atoms with E-state index in [1.54, 1.807) is 0 Å². The number of carbonyl (C=O) groups excluding carboxylic acids is 2. The summed E-state index contributed by atoms with van der Waals surface area (Å²) in [6.45, 7) is 1.09. The van der Waals surface area contributed by atoms with Gasteiger partial charge in [-0.15, -0.1) is 0 Å². The normalized spacial score (nSPS) is 13.0. The molecule has 1 amide bonds. The van der Waals surface area contributed by atoms with Crippen LogP contribution in [0.1, 0.15) is 36.5 Å². The molecule has 34 heavy (non-hydrogen) atoms. The van der Waals surface area contributed by atoms with Gasteiger partial charge in [0.25, 0.3) is 0 Å². The highest BCUT2D eigenvalue weighted by molar-refractivity contribution is 7.89. The molecule has 0 saturated carbocycles. The highest BCUT2D eigenvalue weighted by atomic mass is 32.2. The molecular weight excluding hydrogens is 460 g/mol. The third-order valence-corrected chi connectivity index (χ3v) is 7.01. The van der Waals surface area contributed by atoms with Gasteiger partial charge in [0.1, 0.15) is 12.2 Å². The second-order valence-electron chi connectivity index (χ2n) is 8.08. The zero-order chi connectivity index (χ0) is 24.3. The van der Waals surface area contributed by atoms with Crippen LogP contribution in [0.15, 0.2) is 56.6 Å². The lowest BCUT2D eigenvalue weighted by Gasteiger charge is -2.10. The van der Waals surface area contributed by atoms with Crippen LogP contribution in [0.4, 0.5) is 5.69 Å². The highest BCUT2D eigenvalue weighted by Gasteiger charge is 2.17. The zero-order valence-electron chi connectivity index (χ0n) is 18.6. The minimum absolute atomic E-state index is 0.00461. The molecular formula is C24H24N2O7S. The standard InChI is InChI=1S/C24H24N2O7S/c1-15(27)26-19-5-7-20(8-6-19)34(30,31)25-10-9-23(28)32-14-18-13-24(29)33-22-12-17-4-2-3-16(17)11-21(18)22/h5-8,11-13,25H,2-4,9-10,14H2,1H3,(H,26,27). The number of amides is 1. The molecule has 9 nitrogen and oxygen atoms in total. The van der Waals surface area contributed by atoms with E-state index in [0.29, 0.717) is 16.8 Å². The van der Waals surface area contributed by atoms with Gasteiger partial charge in [0, 0.05) is 36.2 Å². The number of esters is 1. The molecule has 3 aromatic rings. The second kappa shape index (κ2) is 9.78. The molecule has 1 aromatic heterocycles. The summed E-state index contributed by atoms with van der Waals surface area (Å²) in [5.41, 5.74) is 3.34. The van der Waals surface area contributed by atoms with Crippen molar-refractivity contribution in [3.8, 4) is 0 Å². The van der Waals surface area contributed by atoms with Gasteiger partial charge in [-0.3, -0.25) is 9.59 Å². The van der Waals surface area contributed by atoms with Gasteiger partial charge in [0.05, 0.1) is 11.3 Å². The number of hydrogen-bond donors (Lipinski definition) is 2. The molecule has 178 valence electrons. The lowest BCUT2D eigenvalue weighted by atomic mass is 10.0. The third-order valence-electron chi connectivity index (χ3n) is 5.54. The summed E-state index contributed by atoms with van der Waals surface area (Å²) in [5.74, 6) is -0.869. The van der Waals surface area contributed by atoms with Crippen molar-refractivity contribution in [3.63, 3.8) is 0 Å². The number of fused-ring (bicyclic) bond motifs is 2. The van der Waals surface area contributed by atoms with Crippen molar-refractivity contribution >= 4 is 38.6 Å². The van der Waals surface area contributed by atoms with Crippen molar-refractivity contribution in [2.75, 3.05) is 11.9 Å². The van der Waals surface area contributed by atoms with Crippen molar-refractivity contribution in [3.05, 3.63) is 69.6 Å². The number of carbonyl (C=O) groups is 2. The number of hydrogen-bond acceptors (Lipinski definition) is 7. The molecule has 1 aliphatic carbocycles. The SMILES string of the molecule is CC(=O)Nc1ccc(S(=O)(=O)NCCC(=O)OCc2cc(=O)oc3cc4c(cc23)CCC4)cc1. The number of aryl methyl sites for hydroxylation is 2. The van der Waals surface area contributed by atoms with E-state index < -0.39 is 21.6 Å². The number of anilines is 1. The number of ether oxygens (including phenoxy) is 1. The molecule has 0 aliphatic heterocycles. The quantitative estimate of drug-likeness (QED) is 0.371. The van der Waals surface area contributed by atoms with Crippen LogP contribution in [0.25, 0.3) is 11.0 Å². The summed E-state index contributed by atoms with van der Waals surface area (Å²) in [6, 6.07) is 10.8. The van der Waals surface area contributed by atoms with Gasteiger partial charge in [-0.2, -0.15) is 0 Å². The summed E-state index contributed by atoms with van der Waals surface area (Å²) in [7, 11) is -3.83. The Bertz CT molecular complexity index is 1410. The van der Waals surface area contributed by atoms with Crippen LogP contribution in [0.5, 0.6) is 0 Å². The molecule has 2 N–H and O–H groups in total. The Morgan fingerprint density at radius 1 is 1.06 bits per heavy atom. The molecule has 0 fully saturated rings. The minimum atomic E-state index is -3.83. The molecule has 0 bridgehead atoms. The third kappa shape index (κ3) is 5.52. The Labute approximate surface area is 196 Å². The number of nitrogens with one attached hydrogen (secondary N) is 2. The van der Waals surface area contributed by atoms with Crippen LogP contribution >= 0.6 is 0 Å². The fourth-order valence-corrected chi connectivity index (χ4v) is 4.97. The summed E-state index contributed by atoms with van der Waals surface area (Å²) >= 11 is 0. The van der Waals surface area contributed by atoms with Gasteiger partial charge in [-0.25, -0.2) is 17.9 Å². The van der Waals surface area contributed by atoms with Crippen LogP contribution < -0.4 is 15.7 Å². The van der Waals surface area contributed by atoms with E-state index in [0.717, 1.165) is 24.6 Å². The molecule has 0 saturated heterocycles. The summed E-state index contributed by atoms with van der Waals surface area (Å²) in [6.07, 6.45) is 2.77. The van der Waals surface area contributed by atoms with E-state index in [4.69, 9.17) is 9.15 Å². The number of benzene rings is 2. The van der Waals surface area contributed by atoms with Crippen molar-refractivity contribution in [2.45, 2.75) is 44.1 Å². The Balaban J connectivity index is 1.34. The van der Waals surface area contributed by atoms with E-state index in [1.807, 2.05) is 12.1 Å². The predicted octanol–water partition coefficient (Wildman–Crippen LogP) is 2.65. The second-order valence-corrected chi connectivity index (χ2v) is 9.84. The van der Waals surface area contributed by atoms with E-state index in [2.05, 4.69) is 10.0 Å². The average Bonchev–Trinajstić information content (AvgIpc) is 3.23. The van der Waals surface area contributed by atoms with E-state index in [1.165, 1.54) is 48.4 Å². The van der Waals surface area contributed by atoms with Gasteiger partial charge < -0.3 is 14.5 Å². The van der Waals surface area contributed by atoms with Crippen LogP contribution in [-0.2, 0) is 43.8 Å². The molecule has 0 atom stereocenters. The predicted molar refractivity (Wildman–Crippen MR) is 125 cm³/mol. The summed E-state index contributed by atoms with van der Waals surface area (Å²) in [4.78, 5) is 35.2. The first-order valence-electron chi connectivity index (χ1n) is 10.8. The Morgan fingerprint density at radius 3 is 2.47 bits per heavy atom. The molecule has 10 heteroatoms. The largest absolute Gasteiger partial charge is 0.461 e. The van der Waals surface area contributed by atoms with E-state index in [-0.39, 0.29) is 30.4 Å². The van der Waals surface area contributed by atoms with Gasteiger partial charge in [-0.1, -0.05) is 0 Å². The van der Waals surface area contributed by atoms with Gasteiger partial charge in [0.2, 0.25) is 15.9 Å². The minimum Gasteiger partial charge on any atom is -0.461 e. The van der Waals surface area contributed by atoms with E-state index >= 15 is 0 Å².